The molecule has 1 aromatic rings. The minimum absolute atomic E-state index is 0.0993. The van der Waals surface area contributed by atoms with Crippen LogP contribution in [0.4, 0.5) is 0 Å². The first kappa shape index (κ1) is 24.9. The molecule has 29 heavy (non-hydrogen) atoms. The van der Waals surface area contributed by atoms with E-state index in [1.165, 1.54) is 18.3 Å². The monoisotopic (exact) mass is 416 g/mol. The van der Waals surface area contributed by atoms with Crippen molar-refractivity contribution in [3.8, 4) is 0 Å². The van der Waals surface area contributed by atoms with E-state index >= 15 is 0 Å². The van der Waals surface area contributed by atoms with Crippen molar-refractivity contribution in [1.29, 1.82) is 0 Å². The highest BCUT2D eigenvalue weighted by atomic mass is 32.1. The Morgan fingerprint density at radius 3 is 2.52 bits per heavy atom. The van der Waals surface area contributed by atoms with Crippen LogP contribution >= 0.6 is 12.2 Å². The molecule has 0 aliphatic rings. The molecule has 4 nitrogen and oxygen atoms in total. The van der Waals surface area contributed by atoms with Crippen LogP contribution in [0, 0.1) is 11.8 Å². The Morgan fingerprint density at radius 1 is 1.34 bits per heavy atom. The Kier molecular flexibility index (Phi) is 10.7. The molecule has 0 bridgehead atoms. The smallest absolute Gasteiger partial charge is 0.328 e. The van der Waals surface area contributed by atoms with Crippen molar-refractivity contribution in [3.05, 3.63) is 54.4 Å². The zero-order chi connectivity index (χ0) is 22.0. The van der Waals surface area contributed by atoms with Crippen molar-refractivity contribution in [3.63, 3.8) is 0 Å². The van der Waals surface area contributed by atoms with E-state index in [4.69, 9.17) is 17.0 Å². The summed E-state index contributed by atoms with van der Waals surface area (Å²) in [5, 5.41) is 0. The first-order chi connectivity index (χ1) is 13.7. The maximum atomic E-state index is 12.2. The number of allylic oxidation sites excluding steroid dienone is 4. The molecule has 1 N–H and O–H groups in total. The number of aromatic amines is 1. The summed E-state index contributed by atoms with van der Waals surface area (Å²) in [4.78, 5) is 18.1. The molecule has 2 atom stereocenters. The maximum absolute atomic E-state index is 12.2. The number of esters is 1. The van der Waals surface area contributed by atoms with Crippen LogP contribution in [0.25, 0.3) is 5.57 Å². The zero-order valence-electron chi connectivity index (χ0n) is 18.7. The number of carbonyl (C=O) groups excluding carboxylic acids is 1. The van der Waals surface area contributed by atoms with Crippen LogP contribution in [-0.2, 0) is 9.53 Å². The Labute approximate surface area is 181 Å². The van der Waals surface area contributed by atoms with E-state index in [1.54, 1.807) is 0 Å². The van der Waals surface area contributed by atoms with Crippen LogP contribution in [0.5, 0.6) is 0 Å². The fourth-order valence-electron chi connectivity index (χ4n) is 3.42. The lowest BCUT2D eigenvalue weighted by molar-refractivity contribution is -0.146. The molecule has 0 aromatic carbocycles. The average Bonchev–Trinajstić information content (AvgIpc) is 3.20. The van der Waals surface area contributed by atoms with Gasteiger partial charge < -0.3 is 14.6 Å². The van der Waals surface area contributed by atoms with Gasteiger partial charge in [0.25, 0.3) is 0 Å². The molecule has 0 aliphatic heterocycles. The van der Waals surface area contributed by atoms with E-state index in [9.17, 15) is 4.79 Å². The number of thiocarbonyl (C=S) groups is 1. The predicted octanol–water partition coefficient (Wildman–Crippen LogP) is 5.79. The summed E-state index contributed by atoms with van der Waals surface area (Å²) in [6.07, 6.45) is 10.9. The number of ether oxygens (including phenoxy) is 1. The first-order valence-corrected chi connectivity index (χ1v) is 10.6. The Bertz CT molecular complexity index is 728. The molecular formula is C24H36N2O2S. The summed E-state index contributed by atoms with van der Waals surface area (Å²) in [5.74, 6) is 0.0604. The van der Waals surface area contributed by atoms with Gasteiger partial charge in [-0.2, -0.15) is 0 Å². The van der Waals surface area contributed by atoms with Gasteiger partial charge in [0.1, 0.15) is 6.04 Å². The molecule has 0 saturated carbocycles. The minimum atomic E-state index is -0.386. The Hall–Kier alpha value is -2.14. The highest BCUT2D eigenvalue weighted by molar-refractivity contribution is 7.80. The van der Waals surface area contributed by atoms with Crippen molar-refractivity contribution in [2.45, 2.75) is 53.0 Å². The summed E-state index contributed by atoms with van der Waals surface area (Å²) >= 11 is 5.66. The van der Waals surface area contributed by atoms with Crippen molar-refractivity contribution in [2.24, 2.45) is 11.8 Å². The summed E-state index contributed by atoms with van der Waals surface area (Å²) < 4.78 is 4.97. The first-order valence-electron chi connectivity index (χ1n) is 10.2. The molecule has 1 heterocycles. The molecule has 160 valence electrons. The van der Waals surface area contributed by atoms with E-state index < -0.39 is 0 Å². The highest BCUT2D eigenvalue weighted by Crippen LogP contribution is 2.28. The summed E-state index contributed by atoms with van der Waals surface area (Å²) in [6.45, 7) is 12.3. The lowest BCUT2D eigenvalue weighted by atomic mass is 9.90. The van der Waals surface area contributed by atoms with E-state index in [1.807, 2.05) is 44.1 Å². The van der Waals surface area contributed by atoms with Crippen LogP contribution in [-0.4, -0.2) is 41.0 Å². The second kappa shape index (κ2) is 12.4. The van der Waals surface area contributed by atoms with E-state index in [0.717, 1.165) is 18.5 Å². The van der Waals surface area contributed by atoms with E-state index in [2.05, 4.69) is 43.6 Å². The van der Waals surface area contributed by atoms with Gasteiger partial charge in [-0.3, -0.25) is 0 Å². The number of carbonyl (C=O) groups is 1. The van der Waals surface area contributed by atoms with Crippen molar-refractivity contribution in [2.75, 3.05) is 14.2 Å². The van der Waals surface area contributed by atoms with Gasteiger partial charge in [-0.1, -0.05) is 49.9 Å². The third-order valence-electron chi connectivity index (χ3n) is 5.00. The zero-order valence-corrected chi connectivity index (χ0v) is 19.5. The number of nitrogens with zero attached hydrogens (tertiary/aromatic N) is 1. The summed E-state index contributed by atoms with van der Waals surface area (Å²) in [7, 11) is 3.28. The summed E-state index contributed by atoms with van der Waals surface area (Å²) in [6, 6.07) is 3.68. The molecule has 1 rings (SSSR count). The second-order valence-corrected chi connectivity index (χ2v) is 8.34. The lowest BCUT2D eigenvalue weighted by Crippen LogP contribution is -2.45. The predicted molar refractivity (Wildman–Crippen MR) is 127 cm³/mol. The molecular weight excluding hydrogens is 380 g/mol. The molecule has 0 spiro atoms. The maximum Gasteiger partial charge on any atom is 0.328 e. The second-order valence-electron chi connectivity index (χ2n) is 7.87. The Morgan fingerprint density at radius 2 is 2.03 bits per heavy atom. The molecule has 1 aromatic heterocycles. The molecule has 5 heteroatoms. The quantitative estimate of drug-likeness (QED) is 0.282. The normalized spacial score (nSPS) is 13.6. The van der Waals surface area contributed by atoms with Gasteiger partial charge in [-0.15, -0.1) is 6.58 Å². The van der Waals surface area contributed by atoms with Gasteiger partial charge in [0, 0.05) is 31.3 Å². The van der Waals surface area contributed by atoms with Gasteiger partial charge in [-0.25, -0.2) is 4.79 Å². The van der Waals surface area contributed by atoms with Crippen molar-refractivity contribution in [1.82, 2.24) is 9.88 Å². The standard InChI is InChI=1S/C24H36N2O2S/c1-8-19(12-9-11-17(2)3)20(21-13-10-16-25-21)14-15-22(29)26(6)23(18(4)5)24(27)28-7/h8,10-11,13-14,16,18-19,23,25H,1,9,12,15H2,2-7H3/b20-14-. The highest BCUT2D eigenvalue weighted by Gasteiger charge is 2.28. The molecule has 0 amide bonds. The van der Waals surface area contributed by atoms with Gasteiger partial charge in [0.15, 0.2) is 0 Å². The van der Waals surface area contributed by atoms with E-state index in [0.29, 0.717) is 11.4 Å². The van der Waals surface area contributed by atoms with E-state index in [-0.39, 0.29) is 23.8 Å². The third-order valence-corrected chi connectivity index (χ3v) is 5.46. The summed E-state index contributed by atoms with van der Waals surface area (Å²) in [5.41, 5.74) is 3.58. The molecule has 0 saturated heterocycles. The van der Waals surface area contributed by atoms with Crippen LogP contribution < -0.4 is 0 Å². The molecule has 2 unspecified atom stereocenters. The fraction of sp³-hybridized carbons (Fsp3) is 0.500. The van der Waals surface area contributed by atoms with Crippen molar-refractivity contribution < 1.29 is 9.53 Å². The number of nitrogens with one attached hydrogen (secondary N) is 1. The van der Waals surface area contributed by atoms with Crippen LogP contribution in [0.1, 0.15) is 52.7 Å². The van der Waals surface area contributed by atoms with Crippen LogP contribution in [0.3, 0.4) is 0 Å². The Balaban J connectivity index is 3.04. The largest absolute Gasteiger partial charge is 0.467 e. The number of likely N-dealkylation sites (N-methyl/N-ethyl adjacent to an activating group) is 1. The molecule has 0 radical (unpaired) electrons. The van der Waals surface area contributed by atoms with Crippen LogP contribution in [0.15, 0.2) is 48.7 Å². The van der Waals surface area contributed by atoms with Gasteiger partial charge in [0.2, 0.25) is 0 Å². The number of aromatic nitrogens is 1. The number of methoxy groups -OCH3 is 1. The average molecular weight is 417 g/mol. The SMILES string of the molecule is C=CC(CCC=C(C)C)/C(=C/CC(=S)N(C)C(C(=O)OC)C(C)C)c1ccc[nH]1. The number of hydrogen-bond donors (Lipinski definition) is 1. The number of hydrogen-bond acceptors (Lipinski definition) is 3. The topological polar surface area (TPSA) is 45.3 Å². The molecule has 0 aliphatic carbocycles. The third kappa shape index (κ3) is 7.65. The molecule has 0 fully saturated rings. The van der Waals surface area contributed by atoms with Gasteiger partial charge >= 0.3 is 5.97 Å². The fourth-order valence-corrected chi connectivity index (χ4v) is 3.61. The van der Waals surface area contributed by atoms with Crippen LogP contribution in [0.2, 0.25) is 0 Å². The number of H-pyrrole nitrogens is 1. The minimum Gasteiger partial charge on any atom is -0.467 e. The van der Waals surface area contributed by atoms with Gasteiger partial charge in [-0.05, 0) is 50.3 Å². The lowest BCUT2D eigenvalue weighted by Gasteiger charge is -2.30. The number of rotatable bonds is 11. The van der Waals surface area contributed by atoms with Gasteiger partial charge in [0.05, 0.1) is 12.1 Å². The van der Waals surface area contributed by atoms with Crippen molar-refractivity contribution >= 4 is 28.7 Å².